The maximum Gasteiger partial charge on any atom is 0.418 e. The molecule has 3 fully saturated rings. The van der Waals surface area contributed by atoms with Crippen molar-refractivity contribution < 1.29 is 41.8 Å². The summed E-state index contributed by atoms with van der Waals surface area (Å²) in [5, 5.41) is 2.67. The SMILES string of the molecule is CCCCCCOC(=O)[C@@H]1CCN(C2CCN(C(=O)[C@@H](Cc3cc(Cl)c(N)c(C(F)(F)F)c3)OC(=O)N3CCC(N4CCc5ccccc5NC4=O)CC3)CC2)C1. The predicted molar refractivity (Wildman–Crippen MR) is 210 cm³/mol. The van der Waals surface area contributed by atoms with Crippen molar-refractivity contribution >= 4 is 47.0 Å². The number of likely N-dealkylation sites (tertiary alicyclic amines) is 3. The van der Waals surface area contributed by atoms with Gasteiger partial charge in [0, 0.05) is 63.5 Å². The topological polar surface area (TPSA) is 138 Å². The van der Waals surface area contributed by atoms with E-state index in [-0.39, 0.29) is 60.1 Å². The van der Waals surface area contributed by atoms with Gasteiger partial charge in [0.2, 0.25) is 0 Å². The molecule has 4 heterocycles. The van der Waals surface area contributed by atoms with Crippen molar-refractivity contribution in [1.82, 2.24) is 19.6 Å². The van der Waals surface area contributed by atoms with Crippen LogP contribution >= 0.6 is 11.6 Å². The molecule has 2 aromatic carbocycles. The van der Waals surface area contributed by atoms with Gasteiger partial charge in [-0.2, -0.15) is 13.2 Å². The van der Waals surface area contributed by atoms with E-state index in [9.17, 15) is 32.3 Å². The molecule has 2 atom stereocenters. The monoisotopic (exact) mass is 818 g/mol. The number of ether oxygens (including phenoxy) is 2. The molecule has 6 rings (SSSR count). The van der Waals surface area contributed by atoms with Gasteiger partial charge in [0.15, 0.2) is 6.10 Å². The summed E-state index contributed by atoms with van der Waals surface area (Å²) in [4.78, 5) is 60.8. The minimum absolute atomic E-state index is 0.0507. The highest BCUT2D eigenvalue weighted by molar-refractivity contribution is 6.33. The lowest BCUT2D eigenvalue weighted by atomic mass is 10.00. The number of hydrogen-bond donors (Lipinski definition) is 2. The van der Waals surface area contributed by atoms with E-state index in [1.54, 1.807) is 9.80 Å². The number of hydrogen-bond acceptors (Lipinski definition) is 8. The number of anilines is 2. The van der Waals surface area contributed by atoms with Gasteiger partial charge in [0.25, 0.3) is 5.91 Å². The number of rotatable bonds is 12. The Morgan fingerprint density at radius 3 is 2.35 bits per heavy atom. The lowest BCUT2D eigenvalue weighted by molar-refractivity contribution is -0.148. The Morgan fingerprint density at radius 1 is 0.930 bits per heavy atom. The summed E-state index contributed by atoms with van der Waals surface area (Å²) in [6, 6.07) is 9.60. The van der Waals surface area contributed by atoms with Crippen LogP contribution in [0.4, 0.5) is 34.1 Å². The summed E-state index contributed by atoms with van der Waals surface area (Å²) >= 11 is 6.14. The van der Waals surface area contributed by atoms with E-state index in [1.807, 2.05) is 24.3 Å². The third-order valence-electron chi connectivity index (χ3n) is 11.8. The number of esters is 1. The van der Waals surface area contributed by atoms with Crippen LogP contribution in [-0.4, -0.2) is 114 Å². The van der Waals surface area contributed by atoms with Crippen molar-refractivity contribution in [3.63, 3.8) is 0 Å². The van der Waals surface area contributed by atoms with E-state index in [1.165, 1.54) is 11.0 Å². The third-order valence-corrected chi connectivity index (χ3v) is 12.1. The van der Waals surface area contributed by atoms with Crippen molar-refractivity contribution in [3.8, 4) is 0 Å². The number of piperidine rings is 2. The van der Waals surface area contributed by atoms with Crippen LogP contribution in [0.25, 0.3) is 0 Å². The summed E-state index contributed by atoms with van der Waals surface area (Å²) in [6.07, 6.45) is 0.440. The first-order chi connectivity index (χ1) is 27.3. The number of unbranched alkanes of at least 4 members (excludes halogenated alkanes) is 3. The molecule has 57 heavy (non-hydrogen) atoms. The Kier molecular flexibility index (Phi) is 14.1. The fourth-order valence-electron chi connectivity index (χ4n) is 8.50. The number of urea groups is 1. The maximum absolute atomic E-state index is 14.1. The number of nitrogens with one attached hydrogen (secondary N) is 1. The number of nitrogens with zero attached hydrogens (tertiary/aromatic N) is 4. The maximum atomic E-state index is 14.1. The molecule has 3 saturated heterocycles. The summed E-state index contributed by atoms with van der Waals surface area (Å²) in [6.45, 7) is 5.68. The van der Waals surface area contributed by atoms with Crippen LogP contribution in [0.1, 0.15) is 81.4 Å². The highest BCUT2D eigenvalue weighted by Gasteiger charge is 2.40. The number of para-hydroxylation sites is 1. The average Bonchev–Trinajstić information content (AvgIpc) is 3.63. The van der Waals surface area contributed by atoms with Gasteiger partial charge >= 0.3 is 24.3 Å². The zero-order chi connectivity index (χ0) is 40.7. The number of carbonyl (C=O) groups excluding carboxylic acids is 4. The molecule has 4 aliphatic heterocycles. The lowest BCUT2D eigenvalue weighted by Crippen LogP contribution is -2.52. The standard InChI is InChI=1S/C41H54ClF3N6O6/c1-2-3-4-7-22-56-38(53)29-10-16-50(26-29)30-12-17-48(18-13-30)37(52)35(25-27-23-32(41(43,44)45)36(46)33(42)24-27)57-40(55)49-19-14-31(15-20-49)51-21-11-28-8-5-6-9-34(28)47-39(51)54/h5-6,8-9,23-24,29-31,35H,2-4,7,10-22,25-26,46H2,1H3,(H,47,54)/t29-,35-/m1/s1. The Hall–Kier alpha value is -4.24. The van der Waals surface area contributed by atoms with Crippen LogP contribution in [0, 0.1) is 5.92 Å². The van der Waals surface area contributed by atoms with Gasteiger partial charge in [0.05, 0.1) is 28.8 Å². The van der Waals surface area contributed by atoms with Crippen LogP contribution in [-0.2, 0) is 38.1 Å². The molecule has 16 heteroatoms. The van der Waals surface area contributed by atoms with Crippen LogP contribution in [0.3, 0.4) is 0 Å². The molecular formula is C41H54ClF3N6O6. The van der Waals surface area contributed by atoms with Crippen molar-refractivity contribution in [2.24, 2.45) is 5.92 Å². The second-order valence-corrected chi connectivity index (χ2v) is 16.0. The first-order valence-corrected chi connectivity index (χ1v) is 20.7. The van der Waals surface area contributed by atoms with Crippen molar-refractivity contribution in [2.45, 2.75) is 102 Å². The molecule has 0 saturated carbocycles. The highest BCUT2D eigenvalue weighted by atomic mass is 35.5. The Balaban J connectivity index is 1.07. The molecule has 12 nitrogen and oxygen atoms in total. The Labute approximate surface area is 337 Å². The predicted octanol–water partition coefficient (Wildman–Crippen LogP) is 6.98. The summed E-state index contributed by atoms with van der Waals surface area (Å²) < 4.78 is 53.1. The van der Waals surface area contributed by atoms with E-state index in [4.69, 9.17) is 26.8 Å². The first-order valence-electron chi connectivity index (χ1n) is 20.3. The molecule has 4 aliphatic rings. The van der Waals surface area contributed by atoms with E-state index in [0.29, 0.717) is 71.3 Å². The zero-order valence-electron chi connectivity index (χ0n) is 32.5. The number of fused-ring (bicyclic) bond motifs is 1. The molecule has 0 unspecified atom stereocenters. The Bertz CT molecular complexity index is 1750. The van der Waals surface area contributed by atoms with Crippen molar-refractivity contribution in [2.75, 3.05) is 63.5 Å². The third kappa shape index (κ3) is 10.6. The van der Waals surface area contributed by atoms with E-state index >= 15 is 0 Å². The van der Waals surface area contributed by atoms with E-state index in [2.05, 4.69) is 17.1 Å². The molecule has 3 N–H and O–H groups in total. The molecule has 312 valence electrons. The average molecular weight is 819 g/mol. The Morgan fingerprint density at radius 2 is 1.63 bits per heavy atom. The van der Waals surface area contributed by atoms with Crippen LogP contribution in [0.5, 0.6) is 0 Å². The molecule has 0 radical (unpaired) electrons. The fourth-order valence-corrected chi connectivity index (χ4v) is 8.74. The van der Waals surface area contributed by atoms with E-state index in [0.717, 1.165) is 49.5 Å². The number of carbonyl (C=O) groups is 4. The molecule has 0 spiro atoms. The molecule has 0 aliphatic carbocycles. The van der Waals surface area contributed by atoms with Crippen LogP contribution in [0.15, 0.2) is 36.4 Å². The second-order valence-electron chi connectivity index (χ2n) is 15.6. The molecule has 0 aromatic heterocycles. The minimum Gasteiger partial charge on any atom is -0.465 e. The number of nitrogen functional groups attached to an aromatic ring is 1. The van der Waals surface area contributed by atoms with Gasteiger partial charge in [-0.1, -0.05) is 56.0 Å². The van der Waals surface area contributed by atoms with Crippen molar-refractivity contribution in [1.29, 1.82) is 0 Å². The normalized spacial score (nSPS) is 20.5. The first kappa shape index (κ1) is 42.4. The quantitative estimate of drug-likeness (QED) is 0.133. The fraction of sp³-hybridized carbons (Fsp3) is 0.610. The minimum atomic E-state index is -4.79. The molecule has 2 aromatic rings. The molecule has 0 bridgehead atoms. The smallest absolute Gasteiger partial charge is 0.418 e. The lowest BCUT2D eigenvalue weighted by Gasteiger charge is -2.39. The zero-order valence-corrected chi connectivity index (χ0v) is 33.3. The summed E-state index contributed by atoms with van der Waals surface area (Å²) in [5.41, 5.74) is 5.81. The largest absolute Gasteiger partial charge is 0.465 e. The number of alkyl halides is 3. The number of benzene rings is 2. The number of amides is 4. The molecular weight excluding hydrogens is 765 g/mol. The van der Waals surface area contributed by atoms with Gasteiger partial charge in [-0.15, -0.1) is 0 Å². The van der Waals surface area contributed by atoms with Crippen LogP contribution < -0.4 is 11.1 Å². The second kappa shape index (κ2) is 19.0. The van der Waals surface area contributed by atoms with Crippen LogP contribution in [0.2, 0.25) is 5.02 Å². The van der Waals surface area contributed by atoms with Gasteiger partial charge in [-0.25, -0.2) is 9.59 Å². The van der Waals surface area contributed by atoms with Gasteiger partial charge in [0.1, 0.15) is 0 Å². The van der Waals surface area contributed by atoms with E-state index < -0.39 is 35.5 Å². The summed E-state index contributed by atoms with van der Waals surface area (Å²) in [7, 11) is 0. The van der Waals surface area contributed by atoms with Gasteiger partial charge in [-0.3, -0.25) is 14.5 Å². The number of nitrogens with two attached hydrogens (primary N) is 1. The van der Waals surface area contributed by atoms with Crippen molar-refractivity contribution in [3.05, 3.63) is 58.1 Å². The van der Waals surface area contributed by atoms with Gasteiger partial charge in [-0.05, 0) is 80.8 Å². The number of halogens is 4. The molecule has 4 amide bonds. The van der Waals surface area contributed by atoms with Gasteiger partial charge < -0.3 is 35.2 Å². The summed E-state index contributed by atoms with van der Waals surface area (Å²) in [5.74, 6) is -0.855. The highest BCUT2D eigenvalue weighted by Crippen LogP contribution is 2.38.